The first-order valence-electron chi connectivity index (χ1n) is 9.60. The van der Waals surface area contributed by atoms with E-state index >= 15 is 0 Å². The van der Waals surface area contributed by atoms with Gasteiger partial charge in [-0.2, -0.15) is 0 Å². The van der Waals surface area contributed by atoms with Crippen molar-refractivity contribution in [2.75, 3.05) is 30.3 Å². The largest absolute Gasteiger partial charge is 0.327 e. The van der Waals surface area contributed by atoms with Crippen LogP contribution in [0.2, 0.25) is 0 Å². The smallest absolute Gasteiger partial charge is 0.279 e. The van der Waals surface area contributed by atoms with Crippen LogP contribution in [0.15, 0.2) is 54.6 Å². The van der Waals surface area contributed by atoms with Crippen molar-refractivity contribution in [1.29, 1.82) is 0 Å². The molecule has 1 fully saturated rings. The van der Waals surface area contributed by atoms with E-state index in [1.807, 2.05) is 36.4 Å². The molecule has 0 aromatic heterocycles. The lowest BCUT2D eigenvalue weighted by Gasteiger charge is -2.31. The molecule has 0 radical (unpaired) electrons. The third-order valence-electron chi connectivity index (χ3n) is 4.97. The number of likely N-dealkylation sites (tertiary alicyclic amines) is 1. The van der Waals surface area contributed by atoms with E-state index in [-0.39, 0.29) is 11.8 Å². The van der Waals surface area contributed by atoms with Gasteiger partial charge in [-0.05, 0) is 30.7 Å². The molecule has 0 saturated carbocycles. The van der Waals surface area contributed by atoms with E-state index in [0.717, 1.165) is 18.8 Å². The molecule has 27 heavy (non-hydrogen) atoms. The van der Waals surface area contributed by atoms with Crippen molar-refractivity contribution in [2.24, 2.45) is 11.8 Å². The molecule has 0 aliphatic carbocycles. The lowest BCUT2D eigenvalue weighted by molar-refractivity contribution is -0.904. The van der Waals surface area contributed by atoms with Gasteiger partial charge < -0.3 is 15.5 Å². The fourth-order valence-electron chi connectivity index (χ4n) is 4.00. The maximum absolute atomic E-state index is 12.6. The van der Waals surface area contributed by atoms with E-state index in [4.69, 9.17) is 0 Å². The highest BCUT2D eigenvalue weighted by atomic mass is 16.2. The van der Waals surface area contributed by atoms with Crippen molar-refractivity contribution in [2.45, 2.75) is 20.3 Å². The highest BCUT2D eigenvalue weighted by molar-refractivity contribution is 6.10. The summed E-state index contributed by atoms with van der Waals surface area (Å²) >= 11 is 0. The Balaban J connectivity index is 1.65. The van der Waals surface area contributed by atoms with Crippen molar-refractivity contribution in [3.05, 3.63) is 60.2 Å². The Morgan fingerprint density at radius 1 is 0.926 bits per heavy atom. The number of anilines is 2. The van der Waals surface area contributed by atoms with E-state index < -0.39 is 0 Å². The predicted octanol–water partition coefficient (Wildman–Crippen LogP) is 2.44. The summed E-state index contributed by atoms with van der Waals surface area (Å²) in [5.41, 5.74) is 1.74. The van der Waals surface area contributed by atoms with Crippen LogP contribution in [0.1, 0.15) is 30.6 Å². The van der Waals surface area contributed by atoms with Gasteiger partial charge >= 0.3 is 0 Å². The SMILES string of the molecule is C[C@@H]1C[C@H](C)C[NH+](CC(=O)Nc2ccccc2C(=O)Nc2ccccc2)C1. The molecule has 3 rings (SSSR count). The van der Waals surface area contributed by atoms with Crippen LogP contribution in [0.4, 0.5) is 11.4 Å². The van der Waals surface area contributed by atoms with Crippen LogP contribution in [0.3, 0.4) is 0 Å². The molecular formula is C22H28N3O2+. The Morgan fingerprint density at radius 2 is 1.56 bits per heavy atom. The number of hydrogen-bond donors (Lipinski definition) is 3. The highest BCUT2D eigenvalue weighted by Gasteiger charge is 2.27. The predicted molar refractivity (Wildman–Crippen MR) is 108 cm³/mol. The summed E-state index contributed by atoms with van der Waals surface area (Å²) in [5, 5.41) is 5.80. The molecule has 2 amide bonds. The Labute approximate surface area is 160 Å². The van der Waals surface area contributed by atoms with Crippen LogP contribution >= 0.6 is 0 Å². The normalized spacial score (nSPS) is 22.1. The number of carbonyl (C=O) groups excluding carboxylic acids is 2. The van der Waals surface area contributed by atoms with Crippen LogP contribution in [-0.2, 0) is 4.79 Å². The second kappa shape index (κ2) is 8.82. The molecule has 1 aliphatic heterocycles. The Kier molecular flexibility index (Phi) is 6.24. The fourth-order valence-corrected chi connectivity index (χ4v) is 4.00. The van der Waals surface area contributed by atoms with Gasteiger partial charge in [-0.25, -0.2) is 0 Å². The summed E-state index contributed by atoms with van der Waals surface area (Å²) in [6.45, 7) is 6.97. The minimum atomic E-state index is -0.232. The van der Waals surface area contributed by atoms with Crippen molar-refractivity contribution >= 4 is 23.2 Å². The molecule has 142 valence electrons. The van der Waals surface area contributed by atoms with Crippen LogP contribution < -0.4 is 15.5 Å². The number of para-hydroxylation sites is 2. The Bertz CT molecular complexity index is 781. The second-order valence-electron chi connectivity index (χ2n) is 7.69. The first-order chi connectivity index (χ1) is 13.0. The zero-order valence-electron chi connectivity index (χ0n) is 16.0. The number of rotatable bonds is 5. The van der Waals surface area contributed by atoms with Crippen molar-refractivity contribution in [3.63, 3.8) is 0 Å². The molecule has 2 aromatic rings. The summed E-state index contributed by atoms with van der Waals surface area (Å²) in [5.74, 6) is 0.997. The monoisotopic (exact) mass is 366 g/mol. The first-order valence-corrected chi connectivity index (χ1v) is 9.60. The first kappa shape index (κ1) is 19.1. The summed E-state index contributed by atoms with van der Waals surface area (Å²) in [6.07, 6.45) is 1.23. The quantitative estimate of drug-likeness (QED) is 0.761. The van der Waals surface area contributed by atoms with Crippen molar-refractivity contribution < 1.29 is 14.5 Å². The summed E-state index contributed by atoms with van der Waals surface area (Å²) in [6, 6.07) is 16.4. The molecule has 3 atom stereocenters. The molecule has 0 bridgehead atoms. The van der Waals surface area contributed by atoms with Crippen LogP contribution in [0.5, 0.6) is 0 Å². The molecule has 1 aliphatic rings. The van der Waals surface area contributed by atoms with Gasteiger partial charge in [0.05, 0.1) is 24.3 Å². The number of piperidine rings is 1. The number of quaternary nitrogens is 1. The lowest BCUT2D eigenvalue weighted by atomic mass is 9.92. The van der Waals surface area contributed by atoms with E-state index in [1.54, 1.807) is 18.2 Å². The van der Waals surface area contributed by atoms with Crippen LogP contribution in [-0.4, -0.2) is 31.4 Å². The van der Waals surface area contributed by atoms with Gasteiger partial charge in [-0.15, -0.1) is 0 Å². The average Bonchev–Trinajstić information content (AvgIpc) is 2.62. The number of carbonyl (C=O) groups is 2. The van der Waals surface area contributed by atoms with Gasteiger partial charge in [0.2, 0.25) is 0 Å². The minimum Gasteiger partial charge on any atom is -0.327 e. The summed E-state index contributed by atoms with van der Waals surface area (Å²) < 4.78 is 0. The summed E-state index contributed by atoms with van der Waals surface area (Å²) in [4.78, 5) is 26.5. The molecule has 0 spiro atoms. The van der Waals surface area contributed by atoms with Crippen molar-refractivity contribution in [3.8, 4) is 0 Å². The zero-order chi connectivity index (χ0) is 19.2. The highest BCUT2D eigenvalue weighted by Crippen LogP contribution is 2.17. The minimum absolute atomic E-state index is 0.0498. The van der Waals surface area contributed by atoms with Gasteiger partial charge in [-0.1, -0.05) is 44.2 Å². The molecule has 2 aromatic carbocycles. The number of amides is 2. The number of nitrogens with one attached hydrogen (secondary N) is 3. The Hall–Kier alpha value is -2.66. The molecule has 5 heteroatoms. The van der Waals surface area contributed by atoms with E-state index in [2.05, 4.69) is 24.5 Å². The lowest BCUT2D eigenvalue weighted by Crippen LogP contribution is -3.15. The standard InChI is InChI=1S/C22H27N3O2/c1-16-12-17(2)14-25(13-16)15-21(26)24-20-11-7-6-10-19(20)22(27)23-18-8-4-3-5-9-18/h3-11,16-17H,12-15H2,1-2H3,(H,23,27)(H,24,26)/p+1/t16-,17+. The third-order valence-corrected chi connectivity index (χ3v) is 4.97. The topological polar surface area (TPSA) is 62.6 Å². The average molecular weight is 366 g/mol. The maximum atomic E-state index is 12.6. The Morgan fingerprint density at radius 3 is 2.26 bits per heavy atom. The third kappa shape index (κ3) is 5.41. The molecule has 1 saturated heterocycles. The molecule has 1 heterocycles. The van der Waals surface area contributed by atoms with Gasteiger partial charge in [-0.3, -0.25) is 9.59 Å². The van der Waals surface area contributed by atoms with Gasteiger partial charge in [0, 0.05) is 17.5 Å². The summed E-state index contributed by atoms with van der Waals surface area (Å²) in [7, 11) is 0. The second-order valence-corrected chi connectivity index (χ2v) is 7.69. The molecule has 3 N–H and O–H groups in total. The number of hydrogen-bond acceptors (Lipinski definition) is 2. The molecular weight excluding hydrogens is 338 g/mol. The number of benzene rings is 2. The van der Waals surface area contributed by atoms with E-state index in [0.29, 0.717) is 29.6 Å². The molecule has 5 nitrogen and oxygen atoms in total. The van der Waals surface area contributed by atoms with Crippen molar-refractivity contribution in [1.82, 2.24) is 0 Å². The van der Waals surface area contributed by atoms with Crippen LogP contribution in [0, 0.1) is 11.8 Å². The molecule has 1 unspecified atom stereocenters. The zero-order valence-corrected chi connectivity index (χ0v) is 16.0. The van der Waals surface area contributed by atoms with Gasteiger partial charge in [0.25, 0.3) is 11.8 Å². The van der Waals surface area contributed by atoms with Gasteiger partial charge in [0.1, 0.15) is 0 Å². The maximum Gasteiger partial charge on any atom is 0.279 e. The van der Waals surface area contributed by atoms with Gasteiger partial charge in [0.15, 0.2) is 6.54 Å². The van der Waals surface area contributed by atoms with Crippen LogP contribution in [0.25, 0.3) is 0 Å². The fraction of sp³-hybridized carbons (Fsp3) is 0.364. The van der Waals surface area contributed by atoms with E-state index in [1.165, 1.54) is 11.3 Å². The van der Waals surface area contributed by atoms with E-state index in [9.17, 15) is 9.59 Å².